The highest BCUT2D eigenvalue weighted by Gasteiger charge is 2.20. The second-order valence-corrected chi connectivity index (χ2v) is 5.74. The van der Waals surface area contributed by atoms with Gasteiger partial charge in [0.1, 0.15) is 17.0 Å². The summed E-state index contributed by atoms with van der Waals surface area (Å²) in [6.07, 6.45) is 0. The molecule has 0 atom stereocenters. The molecule has 0 unspecified atom stereocenters. The van der Waals surface area contributed by atoms with Gasteiger partial charge in [-0.15, -0.1) is 0 Å². The van der Waals surface area contributed by atoms with Crippen molar-refractivity contribution in [1.82, 2.24) is 4.57 Å². The van der Waals surface area contributed by atoms with Gasteiger partial charge in [0, 0.05) is 11.9 Å². The van der Waals surface area contributed by atoms with Gasteiger partial charge in [0.25, 0.3) is 0 Å². The molecular weight excluding hydrogens is 334 g/mol. The van der Waals surface area contributed by atoms with E-state index in [0.29, 0.717) is 23.1 Å². The third-order valence-corrected chi connectivity index (χ3v) is 4.09. The first kappa shape index (κ1) is 17.5. The molecule has 26 heavy (non-hydrogen) atoms. The van der Waals surface area contributed by atoms with E-state index in [1.54, 1.807) is 17.6 Å². The van der Waals surface area contributed by atoms with E-state index in [9.17, 15) is 14.7 Å². The summed E-state index contributed by atoms with van der Waals surface area (Å²) >= 11 is 0. The smallest absolute Gasteiger partial charge is 0.354 e. The molecule has 6 heteroatoms. The number of aromatic nitrogens is 1. The van der Waals surface area contributed by atoms with Crippen LogP contribution in [-0.2, 0) is 16.0 Å². The van der Waals surface area contributed by atoms with Crippen molar-refractivity contribution in [3.8, 4) is 5.75 Å². The minimum atomic E-state index is -0.612. The van der Waals surface area contributed by atoms with Crippen molar-refractivity contribution < 1.29 is 24.2 Å². The fourth-order valence-electron chi connectivity index (χ4n) is 2.88. The maximum absolute atomic E-state index is 12.2. The third kappa shape index (κ3) is 3.26. The van der Waals surface area contributed by atoms with Gasteiger partial charge >= 0.3 is 11.9 Å². The van der Waals surface area contributed by atoms with Crippen LogP contribution in [0, 0.1) is 0 Å². The molecule has 0 amide bonds. The van der Waals surface area contributed by atoms with Crippen molar-refractivity contribution >= 4 is 22.8 Å². The number of rotatable bonds is 5. The average Bonchev–Trinajstić information content (AvgIpc) is 2.98. The minimum absolute atomic E-state index is 0.0585. The van der Waals surface area contributed by atoms with Crippen LogP contribution in [0.5, 0.6) is 5.75 Å². The number of phenols is 1. The van der Waals surface area contributed by atoms with E-state index in [-0.39, 0.29) is 17.9 Å². The van der Waals surface area contributed by atoms with Crippen LogP contribution in [0.25, 0.3) is 10.9 Å². The summed E-state index contributed by atoms with van der Waals surface area (Å²) in [6.45, 7) is 2.32. The van der Waals surface area contributed by atoms with Gasteiger partial charge in [-0.1, -0.05) is 30.3 Å². The Balaban J connectivity index is 2.18. The van der Waals surface area contributed by atoms with Gasteiger partial charge in [0.15, 0.2) is 0 Å². The van der Waals surface area contributed by atoms with Gasteiger partial charge in [0.05, 0.1) is 19.2 Å². The van der Waals surface area contributed by atoms with Crippen LogP contribution in [0.2, 0.25) is 0 Å². The summed E-state index contributed by atoms with van der Waals surface area (Å²) in [4.78, 5) is 24.3. The Morgan fingerprint density at radius 2 is 1.81 bits per heavy atom. The molecule has 0 fully saturated rings. The first-order chi connectivity index (χ1) is 12.5. The zero-order valence-corrected chi connectivity index (χ0v) is 14.6. The molecule has 3 rings (SSSR count). The quantitative estimate of drug-likeness (QED) is 0.712. The van der Waals surface area contributed by atoms with E-state index in [2.05, 4.69) is 0 Å². The van der Waals surface area contributed by atoms with E-state index >= 15 is 0 Å². The topological polar surface area (TPSA) is 77.8 Å². The Morgan fingerprint density at radius 1 is 1.08 bits per heavy atom. The number of aromatic hydroxyl groups is 1. The first-order valence-electron chi connectivity index (χ1n) is 8.20. The van der Waals surface area contributed by atoms with Crippen molar-refractivity contribution in [3.63, 3.8) is 0 Å². The van der Waals surface area contributed by atoms with E-state index in [0.717, 1.165) is 5.56 Å². The molecule has 134 valence electrons. The fourth-order valence-corrected chi connectivity index (χ4v) is 2.88. The number of nitrogens with zero attached hydrogens (tertiary/aromatic N) is 1. The van der Waals surface area contributed by atoms with Gasteiger partial charge in [-0.2, -0.15) is 0 Å². The van der Waals surface area contributed by atoms with Gasteiger partial charge < -0.3 is 19.1 Å². The van der Waals surface area contributed by atoms with Gasteiger partial charge in [-0.05, 0) is 30.7 Å². The molecule has 3 aromatic rings. The molecule has 1 N–H and O–H groups in total. The van der Waals surface area contributed by atoms with Crippen LogP contribution in [-0.4, -0.2) is 35.3 Å². The first-order valence-corrected chi connectivity index (χ1v) is 8.20. The maximum atomic E-state index is 12.2. The van der Waals surface area contributed by atoms with Gasteiger partial charge in [0.2, 0.25) is 0 Å². The molecule has 1 heterocycles. The lowest BCUT2D eigenvalue weighted by Gasteiger charge is -2.11. The molecule has 0 radical (unpaired) electrons. The Hall–Kier alpha value is -3.28. The Labute approximate surface area is 150 Å². The van der Waals surface area contributed by atoms with Crippen LogP contribution in [0.15, 0.2) is 48.5 Å². The lowest BCUT2D eigenvalue weighted by molar-refractivity contribution is 0.0522. The van der Waals surface area contributed by atoms with Crippen molar-refractivity contribution in [3.05, 3.63) is 65.4 Å². The van der Waals surface area contributed by atoms with E-state index in [4.69, 9.17) is 9.47 Å². The molecule has 2 aromatic carbocycles. The number of esters is 2. The van der Waals surface area contributed by atoms with Gasteiger partial charge in [-0.3, -0.25) is 0 Å². The summed E-state index contributed by atoms with van der Waals surface area (Å²) in [5, 5.41) is 10.8. The summed E-state index contributed by atoms with van der Waals surface area (Å²) in [5.41, 5.74) is 2.02. The summed E-state index contributed by atoms with van der Waals surface area (Å²) in [7, 11) is 1.31. The van der Waals surface area contributed by atoms with Crippen LogP contribution in [0.3, 0.4) is 0 Å². The second kappa shape index (κ2) is 7.31. The highest BCUT2D eigenvalue weighted by atomic mass is 16.5. The number of fused-ring (bicyclic) bond motifs is 1. The van der Waals surface area contributed by atoms with Crippen molar-refractivity contribution in [2.45, 2.75) is 13.5 Å². The number of phenolic OH excluding ortho intramolecular Hbond substituents is 1. The molecule has 0 aliphatic heterocycles. The molecule has 6 nitrogen and oxygen atoms in total. The average molecular weight is 353 g/mol. The molecular formula is C20H19NO5. The van der Waals surface area contributed by atoms with Gasteiger partial charge in [-0.25, -0.2) is 9.59 Å². The highest BCUT2D eigenvalue weighted by Crippen LogP contribution is 2.29. The fraction of sp³-hybridized carbons (Fsp3) is 0.200. The summed E-state index contributed by atoms with van der Waals surface area (Å²) < 4.78 is 11.6. The van der Waals surface area contributed by atoms with Crippen LogP contribution in [0.1, 0.15) is 33.3 Å². The van der Waals surface area contributed by atoms with Crippen LogP contribution < -0.4 is 0 Å². The number of ether oxygens (including phenoxy) is 2. The van der Waals surface area contributed by atoms with Crippen LogP contribution >= 0.6 is 0 Å². The zero-order valence-electron chi connectivity index (χ0n) is 14.6. The second-order valence-electron chi connectivity index (χ2n) is 5.74. The molecule has 0 saturated heterocycles. The number of methoxy groups -OCH3 is 1. The van der Waals surface area contributed by atoms with Crippen molar-refractivity contribution in [2.75, 3.05) is 13.7 Å². The lowest BCUT2D eigenvalue weighted by Crippen LogP contribution is -2.11. The Kier molecular flexibility index (Phi) is 4.93. The zero-order chi connectivity index (χ0) is 18.7. The summed E-state index contributed by atoms with van der Waals surface area (Å²) in [5.74, 6) is -1.29. The van der Waals surface area contributed by atoms with Crippen molar-refractivity contribution in [2.24, 2.45) is 0 Å². The Morgan fingerprint density at radius 3 is 2.46 bits per heavy atom. The highest BCUT2D eigenvalue weighted by molar-refractivity contribution is 6.01. The largest absolute Gasteiger partial charge is 0.507 e. The van der Waals surface area contributed by atoms with Crippen LogP contribution in [0.4, 0.5) is 0 Å². The molecule has 0 aliphatic rings. The molecule has 0 saturated carbocycles. The summed E-state index contributed by atoms with van der Waals surface area (Å²) in [6, 6.07) is 14.3. The van der Waals surface area contributed by atoms with Crippen molar-refractivity contribution in [1.29, 1.82) is 0 Å². The normalized spacial score (nSPS) is 10.7. The minimum Gasteiger partial charge on any atom is -0.507 e. The van der Waals surface area contributed by atoms with E-state index < -0.39 is 11.9 Å². The predicted molar refractivity (Wildman–Crippen MR) is 96.4 cm³/mol. The molecule has 0 spiro atoms. The SMILES string of the molecule is CCOC(=O)c1cc2c(cc1O)cc(C(=O)OC)n2Cc1ccccc1. The number of carbonyl (C=O) groups excluding carboxylic acids is 2. The number of hydrogen-bond acceptors (Lipinski definition) is 5. The van der Waals surface area contributed by atoms with E-state index in [1.807, 2.05) is 30.3 Å². The monoisotopic (exact) mass is 353 g/mol. The number of benzene rings is 2. The maximum Gasteiger partial charge on any atom is 0.354 e. The molecule has 0 bridgehead atoms. The lowest BCUT2D eigenvalue weighted by atomic mass is 10.1. The standard InChI is InChI=1S/C20H19NO5/c1-3-26-19(23)15-11-16-14(10-18(15)22)9-17(20(24)25-2)21(16)12-13-7-5-4-6-8-13/h4-11,22H,3,12H2,1-2H3. The third-order valence-electron chi connectivity index (χ3n) is 4.09. The predicted octanol–water partition coefficient (Wildman–Crippen LogP) is 3.36. The Bertz CT molecular complexity index is 959. The number of carbonyl (C=O) groups is 2. The molecule has 0 aliphatic carbocycles. The molecule has 1 aromatic heterocycles. The van der Waals surface area contributed by atoms with E-state index in [1.165, 1.54) is 19.2 Å². The number of hydrogen-bond donors (Lipinski definition) is 1.